The highest BCUT2D eigenvalue weighted by atomic mass is 32.2. The molecule has 25 heavy (non-hydrogen) atoms. The van der Waals surface area contributed by atoms with Crippen LogP contribution >= 0.6 is 0 Å². The quantitative estimate of drug-likeness (QED) is 0.802. The molecule has 1 amide bonds. The van der Waals surface area contributed by atoms with Crippen LogP contribution in [0, 0.1) is 11.7 Å². The van der Waals surface area contributed by atoms with Crippen LogP contribution in [-0.2, 0) is 14.8 Å². The summed E-state index contributed by atoms with van der Waals surface area (Å²) in [7, 11) is -3.25. The van der Waals surface area contributed by atoms with Gasteiger partial charge in [-0.2, -0.15) is 0 Å². The number of hydrogen-bond acceptors (Lipinski definition) is 4. The van der Waals surface area contributed by atoms with Crippen LogP contribution in [0.3, 0.4) is 0 Å². The predicted molar refractivity (Wildman–Crippen MR) is 94.3 cm³/mol. The number of carbonyl (C=O) groups excluding carboxylic acids is 1. The largest absolute Gasteiger partial charge is 0.368 e. The van der Waals surface area contributed by atoms with Gasteiger partial charge in [0, 0.05) is 45.0 Å². The molecule has 3 rings (SSSR count). The van der Waals surface area contributed by atoms with Gasteiger partial charge >= 0.3 is 0 Å². The molecule has 6 nitrogen and oxygen atoms in total. The number of piperazine rings is 1. The van der Waals surface area contributed by atoms with E-state index in [0.717, 1.165) is 18.5 Å². The van der Waals surface area contributed by atoms with E-state index in [4.69, 9.17) is 0 Å². The summed E-state index contributed by atoms with van der Waals surface area (Å²) in [6, 6.07) is 6.37. The van der Waals surface area contributed by atoms with Crippen LogP contribution in [0.25, 0.3) is 0 Å². The molecule has 0 unspecified atom stereocenters. The number of benzene rings is 1. The van der Waals surface area contributed by atoms with E-state index in [9.17, 15) is 17.6 Å². The van der Waals surface area contributed by atoms with Crippen molar-refractivity contribution in [2.45, 2.75) is 12.8 Å². The molecule has 0 radical (unpaired) electrons. The number of nitrogens with zero attached hydrogens (tertiary/aromatic N) is 3. The van der Waals surface area contributed by atoms with E-state index in [0.29, 0.717) is 32.7 Å². The van der Waals surface area contributed by atoms with E-state index in [1.165, 1.54) is 22.7 Å². The van der Waals surface area contributed by atoms with Gasteiger partial charge in [0.2, 0.25) is 15.9 Å². The highest BCUT2D eigenvalue weighted by Gasteiger charge is 2.33. The summed E-state index contributed by atoms with van der Waals surface area (Å²) >= 11 is 0. The van der Waals surface area contributed by atoms with Crippen LogP contribution in [0.1, 0.15) is 12.8 Å². The molecular weight excluding hydrogens is 345 g/mol. The van der Waals surface area contributed by atoms with Crippen molar-refractivity contribution >= 4 is 21.6 Å². The fourth-order valence-corrected chi connectivity index (χ4v) is 4.45. The third-order valence-electron chi connectivity index (χ3n) is 4.99. The Morgan fingerprint density at radius 3 is 2.32 bits per heavy atom. The first-order valence-corrected chi connectivity index (χ1v) is 10.4. The Morgan fingerprint density at radius 1 is 1.08 bits per heavy atom. The second-order valence-corrected chi connectivity index (χ2v) is 8.73. The first-order chi connectivity index (χ1) is 11.8. The average Bonchev–Trinajstić information content (AvgIpc) is 2.61. The number of sulfonamides is 1. The molecule has 2 saturated heterocycles. The van der Waals surface area contributed by atoms with Crippen LogP contribution in [0.15, 0.2) is 24.3 Å². The predicted octanol–water partition coefficient (Wildman–Crippen LogP) is 1.15. The Bertz CT molecular complexity index is 715. The number of piperidine rings is 1. The summed E-state index contributed by atoms with van der Waals surface area (Å²) < 4.78 is 37.9. The minimum absolute atomic E-state index is 0.0482. The van der Waals surface area contributed by atoms with Crippen LogP contribution in [0.2, 0.25) is 0 Å². The Labute approximate surface area is 148 Å². The van der Waals surface area contributed by atoms with Crippen molar-refractivity contribution in [1.82, 2.24) is 9.21 Å². The van der Waals surface area contributed by atoms with Crippen molar-refractivity contribution in [3.8, 4) is 0 Å². The van der Waals surface area contributed by atoms with Gasteiger partial charge in [-0.05, 0) is 37.1 Å². The van der Waals surface area contributed by atoms with Crippen molar-refractivity contribution in [2.75, 3.05) is 50.4 Å². The lowest BCUT2D eigenvalue weighted by atomic mass is 9.97. The van der Waals surface area contributed by atoms with Gasteiger partial charge in [-0.25, -0.2) is 17.1 Å². The molecule has 0 bridgehead atoms. The first kappa shape index (κ1) is 18.1. The van der Waals surface area contributed by atoms with Gasteiger partial charge in [0.05, 0.1) is 12.2 Å². The second kappa shape index (κ2) is 7.29. The zero-order chi connectivity index (χ0) is 18.0. The smallest absolute Gasteiger partial charge is 0.227 e. The molecule has 2 aliphatic rings. The Balaban J connectivity index is 1.57. The maximum absolute atomic E-state index is 13.0. The third kappa shape index (κ3) is 4.30. The molecule has 1 aromatic carbocycles. The molecular formula is C17H24FN3O3S. The number of amides is 1. The standard InChI is InChI=1S/C17H24FN3O3S/c1-25(23,24)21-8-2-3-14(13-21)17(22)20-11-9-19(10-12-20)16-6-4-15(18)5-7-16/h4-7,14H,2-3,8-13H2,1H3/t14-/m0/s1. The molecule has 0 spiro atoms. The van der Waals surface area contributed by atoms with Gasteiger partial charge in [0.1, 0.15) is 5.82 Å². The second-order valence-electron chi connectivity index (χ2n) is 6.75. The van der Waals surface area contributed by atoms with Gasteiger partial charge in [0.25, 0.3) is 0 Å². The minimum Gasteiger partial charge on any atom is -0.368 e. The maximum Gasteiger partial charge on any atom is 0.227 e. The average molecular weight is 369 g/mol. The highest BCUT2D eigenvalue weighted by Crippen LogP contribution is 2.23. The van der Waals surface area contributed by atoms with Gasteiger partial charge in [-0.15, -0.1) is 0 Å². The molecule has 0 aliphatic carbocycles. The van der Waals surface area contributed by atoms with E-state index in [1.807, 2.05) is 4.90 Å². The van der Waals surface area contributed by atoms with Gasteiger partial charge in [-0.3, -0.25) is 4.79 Å². The van der Waals surface area contributed by atoms with Crippen molar-refractivity contribution in [1.29, 1.82) is 0 Å². The van der Waals surface area contributed by atoms with Crippen LogP contribution in [0.5, 0.6) is 0 Å². The Hall–Kier alpha value is -1.67. The fourth-order valence-electron chi connectivity index (χ4n) is 3.54. The molecule has 2 aliphatic heterocycles. The van der Waals surface area contributed by atoms with Gasteiger partial charge in [0.15, 0.2) is 0 Å². The fraction of sp³-hybridized carbons (Fsp3) is 0.588. The van der Waals surface area contributed by atoms with Crippen LogP contribution < -0.4 is 4.90 Å². The molecule has 8 heteroatoms. The zero-order valence-corrected chi connectivity index (χ0v) is 15.2. The first-order valence-electron chi connectivity index (χ1n) is 8.59. The van der Waals surface area contributed by atoms with Gasteiger partial charge < -0.3 is 9.80 Å². The van der Waals surface area contributed by atoms with E-state index in [1.54, 1.807) is 12.1 Å². The molecule has 0 aromatic heterocycles. The lowest BCUT2D eigenvalue weighted by molar-refractivity contribution is -0.137. The molecule has 0 saturated carbocycles. The Kier molecular flexibility index (Phi) is 5.29. The number of halogens is 1. The Morgan fingerprint density at radius 2 is 1.72 bits per heavy atom. The lowest BCUT2D eigenvalue weighted by Crippen LogP contribution is -2.53. The lowest BCUT2D eigenvalue weighted by Gasteiger charge is -2.39. The molecule has 1 aromatic rings. The molecule has 1 atom stereocenters. The topological polar surface area (TPSA) is 60.9 Å². The van der Waals surface area contributed by atoms with E-state index in [-0.39, 0.29) is 24.2 Å². The van der Waals surface area contributed by atoms with E-state index < -0.39 is 10.0 Å². The maximum atomic E-state index is 13.0. The normalized spacial score (nSPS) is 22.9. The summed E-state index contributed by atoms with van der Waals surface area (Å²) in [4.78, 5) is 16.7. The minimum atomic E-state index is -3.25. The SMILES string of the molecule is CS(=O)(=O)N1CCC[C@H](C(=O)N2CCN(c3ccc(F)cc3)CC2)C1. The van der Waals surface area contributed by atoms with Crippen molar-refractivity contribution in [2.24, 2.45) is 5.92 Å². The number of hydrogen-bond donors (Lipinski definition) is 0. The van der Waals surface area contributed by atoms with Crippen molar-refractivity contribution < 1.29 is 17.6 Å². The summed E-state index contributed by atoms with van der Waals surface area (Å²) in [5.74, 6) is -0.460. The molecule has 2 heterocycles. The molecule has 2 fully saturated rings. The molecule has 0 N–H and O–H groups in total. The summed E-state index contributed by atoms with van der Waals surface area (Å²) in [5.41, 5.74) is 0.953. The summed E-state index contributed by atoms with van der Waals surface area (Å²) in [6.07, 6.45) is 2.66. The van der Waals surface area contributed by atoms with E-state index >= 15 is 0 Å². The highest BCUT2D eigenvalue weighted by molar-refractivity contribution is 7.88. The van der Waals surface area contributed by atoms with Crippen LogP contribution in [-0.4, -0.2) is 69.1 Å². The van der Waals surface area contributed by atoms with Crippen molar-refractivity contribution in [3.05, 3.63) is 30.1 Å². The summed E-state index contributed by atoms with van der Waals surface area (Å²) in [5, 5.41) is 0. The zero-order valence-electron chi connectivity index (χ0n) is 14.4. The van der Waals surface area contributed by atoms with Crippen LogP contribution in [0.4, 0.5) is 10.1 Å². The van der Waals surface area contributed by atoms with E-state index in [2.05, 4.69) is 4.90 Å². The monoisotopic (exact) mass is 369 g/mol. The number of rotatable bonds is 3. The number of carbonyl (C=O) groups is 1. The van der Waals surface area contributed by atoms with Crippen molar-refractivity contribution in [3.63, 3.8) is 0 Å². The van der Waals surface area contributed by atoms with Gasteiger partial charge in [-0.1, -0.05) is 0 Å². The third-order valence-corrected chi connectivity index (χ3v) is 6.26. The number of anilines is 1. The molecule has 138 valence electrons. The summed E-state index contributed by atoms with van der Waals surface area (Å²) in [6.45, 7) is 3.38.